The minimum atomic E-state index is -1.14. The summed E-state index contributed by atoms with van der Waals surface area (Å²) in [4.78, 5) is 26.7. The molecule has 1 unspecified atom stereocenters. The van der Waals surface area contributed by atoms with E-state index in [-0.39, 0.29) is 5.97 Å². The van der Waals surface area contributed by atoms with Crippen LogP contribution in [0.5, 0.6) is 11.6 Å². The molecule has 3 aromatic rings. The fourth-order valence-electron chi connectivity index (χ4n) is 4.87. The summed E-state index contributed by atoms with van der Waals surface area (Å²) in [6, 6.07) is 13.6. The Bertz CT molecular complexity index is 1160. The molecule has 1 atom stereocenters. The molecule has 2 aliphatic heterocycles. The summed E-state index contributed by atoms with van der Waals surface area (Å²) in [5.41, 5.74) is 2.67. The average molecular weight is 445 g/mol. The molecule has 2 aliphatic rings. The number of hydrogen-bond donors (Lipinski definition) is 0. The Kier molecular flexibility index (Phi) is 5.19. The number of nitrogens with zero attached hydrogens (tertiary/aromatic N) is 4. The van der Waals surface area contributed by atoms with Crippen molar-refractivity contribution in [3.05, 3.63) is 70.9 Å². The first-order valence-corrected chi connectivity index (χ1v) is 11.6. The first kappa shape index (κ1) is 21.2. The topological polar surface area (TPSA) is 67.8 Å². The molecule has 3 heterocycles. The summed E-state index contributed by atoms with van der Waals surface area (Å²) in [5, 5.41) is 0. The molecule has 7 nitrogen and oxygen atoms in total. The van der Waals surface area contributed by atoms with Crippen LogP contribution in [0.25, 0.3) is 0 Å². The fourth-order valence-corrected chi connectivity index (χ4v) is 4.87. The highest BCUT2D eigenvalue weighted by atomic mass is 16.6. The number of hydrogen-bond acceptors (Lipinski definition) is 7. The van der Waals surface area contributed by atoms with Crippen molar-refractivity contribution in [2.45, 2.75) is 33.3 Å². The van der Waals surface area contributed by atoms with E-state index < -0.39 is 5.60 Å². The Morgan fingerprint density at radius 2 is 1.61 bits per heavy atom. The lowest BCUT2D eigenvalue weighted by atomic mass is 9.79. The molecule has 2 aromatic carbocycles. The van der Waals surface area contributed by atoms with Gasteiger partial charge < -0.3 is 19.3 Å². The molecule has 0 saturated heterocycles. The largest absolute Gasteiger partial charge is 0.440 e. The van der Waals surface area contributed by atoms with Crippen molar-refractivity contribution in [2.75, 3.05) is 36.0 Å². The predicted octanol–water partition coefficient (Wildman–Crippen LogP) is 4.74. The van der Waals surface area contributed by atoms with Crippen molar-refractivity contribution in [1.29, 1.82) is 0 Å². The third kappa shape index (κ3) is 3.06. The van der Waals surface area contributed by atoms with E-state index in [1.54, 1.807) is 12.3 Å². The van der Waals surface area contributed by atoms with Crippen molar-refractivity contribution >= 4 is 17.6 Å². The van der Waals surface area contributed by atoms with Crippen LogP contribution in [-0.4, -0.2) is 42.1 Å². The normalized spacial score (nSPS) is 17.6. The number of rotatable bonds is 6. The highest BCUT2D eigenvalue weighted by Gasteiger charge is 2.54. The van der Waals surface area contributed by atoms with Crippen LogP contribution in [-0.2, 0) is 10.3 Å². The molecule has 0 saturated carbocycles. The van der Waals surface area contributed by atoms with Gasteiger partial charge in [-0.1, -0.05) is 18.2 Å². The van der Waals surface area contributed by atoms with E-state index in [9.17, 15) is 4.79 Å². The Balaban J connectivity index is 1.76. The summed E-state index contributed by atoms with van der Waals surface area (Å²) < 4.78 is 12.6. The van der Waals surface area contributed by atoms with Crippen LogP contribution < -0.4 is 14.5 Å². The van der Waals surface area contributed by atoms with Gasteiger partial charge in [0.15, 0.2) is 5.60 Å². The molecule has 0 radical (unpaired) electrons. The number of aromatic nitrogens is 2. The van der Waals surface area contributed by atoms with E-state index in [0.29, 0.717) is 28.7 Å². The van der Waals surface area contributed by atoms with E-state index in [2.05, 4.69) is 48.5 Å². The maximum Gasteiger partial charge on any atom is 0.340 e. The molecule has 7 heteroatoms. The Morgan fingerprint density at radius 3 is 2.33 bits per heavy atom. The molecule has 0 aliphatic carbocycles. The smallest absolute Gasteiger partial charge is 0.340 e. The molecule has 170 valence electrons. The lowest BCUT2D eigenvalue weighted by molar-refractivity contribution is 0.0220. The molecular weight excluding hydrogens is 416 g/mol. The second-order valence-electron chi connectivity index (χ2n) is 8.13. The van der Waals surface area contributed by atoms with E-state index in [1.165, 1.54) is 0 Å². The summed E-state index contributed by atoms with van der Waals surface area (Å²) in [7, 11) is 0. The molecular formula is C26H28N4O3. The second kappa shape index (κ2) is 8.06. The maximum absolute atomic E-state index is 13.0. The maximum atomic E-state index is 13.0. The number of carbonyl (C=O) groups is 1. The van der Waals surface area contributed by atoms with Gasteiger partial charge in [0, 0.05) is 55.3 Å². The standard InChI is InChI=1S/C26H28N4O3/c1-5-29(6-2)17-13-14-20-22(15-17)32-23-21(16-27-25(28-23)30(7-3)8-4)26(20)19-12-10-9-11-18(19)24(31)33-26/h9-16H,5-8H2,1-4H3. The first-order chi connectivity index (χ1) is 16.1. The van der Waals surface area contributed by atoms with Gasteiger partial charge in [-0.3, -0.25) is 0 Å². The number of fused-ring (bicyclic) bond motifs is 6. The summed E-state index contributed by atoms with van der Waals surface area (Å²) >= 11 is 0. The van der Waals surface area contributed by atoms with Gasteiger partial charge >= 0.3 is 5.97 Å². The molecule has 1 aromatic heterocycles. The summed E-state index contributed by atoms with van der Waals surface area (Å²) in [6.45, 7) is 11.7. The van der Waals surface area contributed by atoms with Crippen LogP contribution >= 0.6 is 0 Å². The van der Waals surface area contributed by atoms with E-state index in [1.807, 2.05) is 30.3 Å². The van der Waals surface area contributed by atoms with E-state index in [0.717, 1.165) is 43.0 Å². The Labute approximate surface area is 194 Å². The fraction of sp³-hybridized carbons (Fsp3) is 0.346. The monoisotopic (exact) mass is 444 g/mol. The van der Waals surface area contributed by atoms with Gasteiger partial charge in [0.05, 0.1) is 11.1 Å². The van der Waals surface area contributed by atoms with Gasteiger partial charge in [-0.25, -0.2) is 9.78 Å². The van der Waals surface area contributed by atoms with Crippen molar-refractivity contribution in [2.24, 2.45) is 0 Å². The molecule has 0 N–H and O–H groups in total. The van der Waals surface area contributed by atoms with Gasteiger partial charge in [0.1, 0.15) is 5.75 Å². The van der Waals surface area contributed by atoms with Crippen LogP contribution in [0.4, 0.5) is 11.6 Å². The van der Waals surface area contributed by atoms with Crippen LogP contribution in [0.1, 0.15) is 54.7 Å². The molecule has 33 heavy (non-hydrogen) atoms. The predicted molar refractivity (Wildman–Crippen MR) is 127 cm³/mol. The molecule has 0 amide bonds. The number of esters is 1. The van der Waals surface area contributed by atoms with Crippen LogP contribution in [0.3, 0.4) is 0 Å². The minimum Gasteiger partial charge on any atom is -0.440 e. The van der Waals surface area contributed by atoms with E-state index >= 15 is 0 Å². The van der Waals surface area contributed by atoms with Crippen molar-refractivity contribution < 1.29 is 14.3 Å². The highest BCUT2D eigenvalue weighted by molar-refractivity contribution is 5.97. The van der Waals surface area contributed by atoms with Crippen molar-refractivity contribution in [3.8, 4) is 11.6 Å². The quantitative estimate of drug-likeness (QED) is 0.509. The average Bonchev–Trinajstić information content (AvgIpc) is 3.13. The molecule has 5 rings (SSSR count). The van der Waals surface area contributed by atoms with Crippen LogP contribution in [0.2, 0.25) is 0 Å². The summed E-state index contributed by atoms with van der Waals surface area (Å²) in [6.07, 6.45) is 1.74. The SMILES string of the molecule is CCN(CC)c1ccc2c(c1)Oc1nc(N(CC)CC)ncc1C21OC(=O)c2ccccc21. The number of ether oxygens (including phenoxy) is 2. The zero-order valence-corrected chi connectivity index (χ0v) is 19.5. The number of benzene rings is 2. The lowest BCUT2D eigenvalue weighted by Gasteiger charge is -2.36. The van der Waals surface area contributed by atoms with Crippen LogP contribution in [0, 0.1) is 0 Å². The Hall–Kier alpha value is -3.61. The third-order valence-corrected chi connectivity index (χ3v) is 6.62. The van der Waals surface area contributed by atoms with Crippen molar-refractivity contribution in [3.63, 3.8) is 0 Å². The van der Waals surface area contributed by atoms with Crippen molar-refractivity contribution in [1.82, 2.24) is 9.97 Å². The number of carbonyl (C=O) groups excluding carboxylic acids is 1. The molecule has 0 fully saturated rings. The molecule has 1 spiro atoms. The zero-order chi connectivity index (χ0) is 23.2. The van der Waals surface area contributed by atoms with Gasteiger partial charge in [-0.05, 0) is 45.9 Å². The molecule has 0 bridgehead atoms. The lowest BCUT2D eigenvalue weighted by Crippen LogP contribution is -2.34. The van der Waals surface area contributed by atoms with Gasteiger partial charge in [-0.2, -0.15) is 4.98 Å². The van der Waals surface area contributed by atoms with Gasteiger partial charge in [0.25, 0.3) is 0 Å². The minimum absolute atomic E-state index is 0.356. The third-order valence-electron chi connectivity index (χ3n) is 6.62. The number of anilines is 2. The van der Waals surface area contributed by atoms with Gasteiger partial charge in [0.2, 0.25) is 11.8 Å². The van der Waals surface area contributed by atoms with Crippen LogP contribution in [0.15, 0.2) is 48.7 Å². The Morgan fingerprint density at radius 1 is 0.879 bits per heavy atom. The van der Waals surface area contributed by atoms with Gasteiger partial charge in [-0.15, -0.1) is 0 Å². The van der Waals surface area contributed by atoms with E-state index in [4.69, 9.17) is 14.5 Å². The zero-order valence-electron chi connectivity index (χ0n) is 19.5. The first-order valence-electron chi connectivity index (χ1n) is 11.6. The summed E-state index contributed by atoms with van der Waals surface area (Å²) in [5.74, 6) is 1.29. The highest BCUT2D eigenvalue weighted by Crippen LogP contribution is 2.56. The second-order valence-corrected chi connectivity index (χ2v) is 8.13.